The molecule has 1 aliphatic heterocycles. The summed E-state index contributed by atoms with van der Waals surface area (Å²) in [6, 6.07) is 3.02. The molecule has 3 amide bonds. The lowest BCUT2D eigenvalue weighted by Gasteiger charge is -2.16. The van der Waals surface area contributed by atoms with Gasteiger partial charge in [0.2, 0.25) is 12.6 Å². The Bertz CT molecular complexity index is 628. The van der Waals surface area contributed by atoms with Crippen LogP contribution in [0.1, 0.15) is 25.0 Å². The maximum absolute atomic E-state index is 12.0. The molecule has 6 nitrogen and oxygen atoms in total. The molecule has 1 aliphatic rings. The zero-order valence-electron chi connectivity index (χ0n) is 12.4. The average molecular weight is 325 g/mol. The highest BCUT2D eigenvalue weighted by Crippen LogP contribution is 2.29. The summed E-state index contributed by atoms with van der Waals surface area (Å²) in [5.74, 6) is -0.694. The Morgan fingerprint density at radius 1 is 1.27 bits per heavy atom. The fourth-order valence-electron chi connectivity index (χ4n) is 2.14. The molecule has 1 heterocycles. The average Bonchev–Trinajstić information content (AvgIpc) is 3.02. The van der Waals surface area contributed by atoms with E-state index in [1.54, 1.807) is 0 Å². The highest BCUT2D eigenvalue weighted by atomic mass is 35.5. The predicted molar refractivity (Wildman–Crippen MR) is 82.5 cm³/mol. The SMILES string of the molecule is CCc1ccc(Cl)c(CC)c1NC(=O)NC(=O)C1=COCO1. The lowest BCUT2D eigenvalue weighted by atomic mass is 10.0. The van der Waals surface area contributed by atoms with Crippen LogP contribution >= 0.6 is 11.6 Å². The van der Waals surface area contributed by atoms with Crippen LogP contribution < -0.4 is 10.6 Å². The molecule has 2 rings (SSSR count). The van der Waals surface area contributed by atoms with E-state index >= 15 is 0 Å². The number of aryl methyl sites for hydroxylation is 1. The Labute approximate surface area is 133 Å². The minimum atomic E-state index is -0.659. The van der Waals surface area contributed by atoms with Crippen molar-refractivity contribution in [1.29, 1.82) is 0 Å². The third kappa shape index (κ3) is 3.51. The normalized spacial score (nSPS) is 13.0. The first kappa shape index (κ1) is 16.2. The van der Waals surface area contributed by atoms with Crippen molar-refractivity contribution in [2.45, 2.75) is 26.7 Å². The van der Waals surface area contributed by atoms with Gasteiger partial charge in [-0.05, 0) is 30.0 Å². The Balaban J connectivity index is 2.14. The first-order chi connectivity index (χ1) is 10.6. The van der Waals surface area contributed by atoms with E-state index in [0.29, 0.717) is 17.1 Å². The minimum Gasteiger partial charge on any atom is -0.461 e. The van der Waals surface area contributed by atoms with E-state index in [1.807, 2.05) is 26.0 Å². The van der Waals surface area contributed by atoms with Crippen molar-refractivity contribution in [1.82, 2.24) is 5.32 Å². The monoisotopic (exact) mass is 324 g/mol. The van der Waals surface area contributed by atoms with Crippen LogP contribution in [0.25, 0.3) is 0 Å². The summed E-state index contributed by atoms with van der Waals surface area (Å²) in [4.78, 5) is 23.8. The summed E-state index contributed by atoms with van der Waals surface area (Å²) in [5.41, 5.74) is 2.42. The fourth-order valence-corrected chi connectivity index (χ4v) is 2.43. The second-order valence-electron chi connectivity index (χ2n) is 4.59. The second-order valence-corrected chi connectivity index (χ2v) is 4.99. The van der Waals surface area contributed by atoms with E-state index in [2.05, 4.69) is 10.6 Å². The van der Waals surface area contributed by atoms with Crippen molar-refractivity contribution < 1.29 is 19.1 Å². The molecule has 0 atom stereocenters. The summed E-state index contributed by atoms with van der Waals surface area (Å²) in [5, 5.41) is 5.46. The van der Waals surface area contributed by atoms with Gasteiger partial charge in [-0.25, -0.2) is 4.79 Å². The smallest absolute Gasteiger partial charge is 0.326 e. The van der Waals surface area contributed by atoms with E-state index in [-0.39, 0.29) is 12.6 Å². The second kappa shape index (κ2) is 7.17. The number of carbonyl (C=O) groups is 2. The van der Waals surface area contributed by atoms with E-state index in [0.717, 1.165) is 23.8 Å². The van der Waals surface area contributed by atoms with Crippen molar-refractivity contribution in [3.63, 3.8) is 0 Å². The van der Waals surface area contributed by atoms with Gasteiger partial charge in [-0.1, -0.05) is 31.5 Å². The molecular formula is C15H17ClN2O4. The topological polar surface area (TPSA) is 76.7 Å². The zero-order valence-corrected chi connectivity index (χ0v) is 13.1. The van der Waals surface area contributed by atoms with Gasteiger partial charge < -0.3 is 14.8 Å². The van der Waals surface area contributed by atoms with Gasteiger partial charge >= 0.3 is 6.03 Å². The molecule has 0 fully saturated rings. The highest BCUT2D eigenvalue weighted by Gasteiger charge is 2.20. The Hall–Kier alpha value is -2.21. The Kier molecular flexibility index (Phi) is 5.27. The summed E-state index contributed by atoms with van der Waals surface area (Å²) in [7, 11) is 0. The van der Waals surface area contributed by atoms with E-state index < -0.39 is 11.9 Å². The molecule has 0 saturated heterocycles. The van der Waals surface area contributed by atoms with Crippen LogP contribution in [-0.2, 0) is 27.1 Å². The van der Waals surface area contributed by atoms with Crippen LogP contribution in [0.4, 0.5) is 10.5 Å². The van der Waals surface area contributed by atoms with E-state index in [4.69, 9.17) is 21.1 Å². The number of carbonyl (C=O) groups excluding carboxylic acids is 2. The maximum atomic E-state index is 12.0. The summed E-state index contributed by atoms with van der Waals surface area (Å²) in [6.07, 6.45) is 2.56. The van der Waals surface area contributed by atoms with E-state index in [9.17, 15) is 9.59 Å². The first-order valence-electron chi connectivity index (χ1n) is 6.94. The molecule has 0 aromatic heterocycles. The van der Waals surface area contributed by atoms with Gasteiger partial charge in [0.15, 0.2) is 0 Å². The van der Waals surface area contributed by atoms with Crippen molar-refractivity contribution in [3.8, 4) is 0 Å². The molecule has 0 bridgehead atoms. The van der Waals surface area contributed by atoms with Gasteiger partial charge in [0, 0.05) is 5.02 Å². The summed E-state index contributed by atoms with van der Waals surface area (Å²) in [6.45, 7) is 3.90. The van der Waals surface area contributed by atoms with Gasteiger partial charge in [-0.3, -0.25) is 10.1 Å². The van der Waals surface area contributed by atoms with Crippen LogP contribution in [0.15, 0.2) is 24.2 Å². The van der Waals surface area contributed by atoms with Gasteiger partial charge in [0.1, 0.15) is 6.26 Å². The molecule has 0 radical (unpaired) electrons. The van der Waals surface area contributed by atoms with Crippen LogP contribution in [0.2, 0.25) is 5.02 Å². The number of amides is 3. The lowest BCUT2D eigenvalue weighted by Crippen LogP contribution is -2.36. The Morgan fingerprint density at radius 2 is 2.05 bits per heavy atom. The molecule has 2 N–H and O–H groups in total. The largest absolute Gasteiger partial charge is 0.461 e. The number of imide groups is 1. The number of hydrogen-bond acceptors (Lipinski definition) is 4. The number of ether oxygens (including phenoxy) is 2. The number of rotatable bonds is 4. The number of halogens is 1. The maximum Gasteiger partial charge on any atom is 0.326 e. The molecule has 22 heavy (non-hydrogen) atoms. The molecule has 0 saturated carbocycles. The standard InChI is InChI=1S/C15H17ClN2O4/c1-3-9-5-6-11(16)10(4-2)13(9)17-15(20)18-14(19)12-7-21-8-22-12/h5-7H,3-4,8H2,1-2H3,(H2,17,18,19,20). The molecular weight excluding hydrogens is 308 g/mol. The van der Waals surface area contributed by atoms with E-state index in [1.165, 1.54) is 0 Å². The number of anilines is 1. The van der Waals surface area contributed by atoms with Crippen molar-refractivity contribution in [3.05, 3.63) is 40.3 Å². The molecule has 0 aliphatic carbocycles. The van der Waals surface area contributed by atoms with Gasteiger partial charge in [-0.15, -0.1) is 0 Å². The highest BCUT2D eigenvalue weighted by molar-refractivity contribution is 6.32. The van der Waals surface area contributed by atoms with Crippen molar-refractivity contribution >= 4 is 29.2 Å². The van der Waals surface area contributed by atoms with Crippen LogP contribution in [0.5, 0.6) is 0 Å². The van der Waals surface area contributed by atoms with Crippen molar-refractivity contribution in [2.75, 3.05) is 12.1 Å². The number of benzene rings is 1. The molecule has 0 unspecified atom stereocenters. The number of nitrogens with one attached hydrogen (secondary N) is 2. The predicted octanol–water partition coefficient (Wildman–Crippen LogP) is 2.96. The summed E-state index contributed by atoms with van der Waals surface area (Å²) >= 11 is 6.17. The molecule has 1 aromatic rings. The number of hydrogen-bond donors (Lipinski definition) is 2. The van der Waals surface area contributed by atoms with Crippen LogP contribution in [-0.4, -0.2) is 18.7 Å². The zero-order chi connectivity index (χ0) is 16.1. The van der Waals surface area contributed by atoms with Gasteiger partial charge in [-0.2, -0.15) is 0 Å². The lowest BCUT2D eigenvalue weighted by molar-refractivity contribution is -0.119. The third-order valence-electron chi connectivity index (χ3n) is 3.24. The third-order valence-corrected chi connectivity index (χ3v) is 3.59. The molecule has 0 spiro atoms. The van der Waals surface area contributed by atoms with Gasteiger partial charge in [0.05, 0.1) is 5.69 Å². The fraction of sp³-hybridized carbons (Fsp3) is 0.333. The summed E-state index contributed by atoms with van der Waals surface area (Å²) < 4.78 is 9.67. The quantitative estimate of drug-likeness (QED) is 0.892. The molecule has 7 heteroatoms. The first-order valence-corrected chi connectivity index (χ1v) is 7.31. The van der Waals surface area contributed by atoms with Crippen LogP contribution in [0.3, 0.4) is 0 Å². The Morgan fingerprint density at radius 3 is 2.64 bits per heavy atom. The van der Waals surface area contributed by atoms with Crippen LogP contribution in [0, 0.1) is 0 Å². The minimum absolute atomic E-state index is 0.0291. The number of urea groups is 1. The van der Waals surface area contributed by atoms with Crippen molar-refractivity contribution in [2.24, 2.45) is 0 Å². The molecule has 1 aromatic carbocycles. The molecule has 118 valence electrons. The van der Waals surface area contributed by atoms with Gasteiger partial charge in [0.25, 0.3) is 5.91 Å².